The van der Waals surface area contributed by atoms with Gasteiger partial charge >= 0.3 is 0 Å². The molecule has 4 nitrogen and oxygen atoms in total. The molecule has 284 valence electrons. The molecule has 0 radical (unpaired) electrons. The Bertz CT molecular complexity index is 3450. The second kappa shape index (κ2) is 13.2. The van der Waals surface area contributed by atoms with Crippen LogP contribution in [0.4, 0.5) is 17.1 Å². The third kappa shape index (κ3) is 5.34. The molecule has 0 saturated heterocycles. The second-order valence-electron chi connectivity index (χ2n) is 16.3. The Kier molecular flexibility index (Phi) is 7.54. The summed E-state index contributed by atoms with van der Waals surface area (Å²) in [5.41, 5.74) is 17.2. The summed E-state index contributed by atoms with van der Waals surface area (Å²) in [4.78, 5) is 7.18. The molecular weight excluding hydrogens is 733 g/mol. The zero-order chi connectivity index (χ0) is 40.0. The lowest BCUT2D eigenvalue weighted by Gasteiger charge is -2.28. The minimum absolute atomic E-state index is 0.131. The molecular formula is C56H38N2O2. The predicted molar refractivity (Wildman–Crippen MR) is 247 cm³/mol. The number of furan rings is 1. The average molecular weight is 771 g/mol. The van der Waals surface area contributed by atoms with Gasteiger partial charge in [0, 0.05) is 38.8 Å². The summed E-state index contributed by atoms with van der Waals surface area (Å²) >= 11 is 0. The van der Waals surface area contributed by atoms with Crippen molar-refractivity contribution in [3.05, 3.63) is 205 Å². The molecule has 9 aromatic carbocycles. The molecule has 1 aliphatic carbocycles. The third-order valence-corrected chi connectivity index (χ3v) is 12.5. The fourth-order valence-corrected chi connectivity index (χ4v) is 9.52. The second-order valence-corrected chi connectivity index (χ2v) is 16.3. The number of anilines is 3. The normalized spacial score (nSPS) is 13.0. The van der Waals surface area contributed by atoms with Gasteiger partial charge in [-0.15, -0.1) is 0 Å². The van der Waals surface area contributed by atoms with Gasteiger partial charge in [0.1, 0.15) is 16.7 Å². The summed E-state index contributed by atoms with van der Waals surface area (Å²) < 4.78 is 13.1. The summed E-state index contributed by atoms with van der Waals surface area (Å²) in [6.07, 6.45) is 0. The van der Waals surface area contributed by atoms with Crippen LogP contribution in [0.15, 0.2) is 203 Å². The summed E-state index contributed by atoms with van der Waals surface area (Å²) in [5.74, 6) is 0.617. The lowest BCUT2D eigenvalue weighted by molar-refractivity contribution is 0.620. The van der Waals surface area contributed by atoms with E-state index in [0.29, 0.717) is 5.89 Å². The Hall–Kier alpha value is -7.69. The number of fused-ring (bicyclic) bond motifs is 9. The number of hydrogen-bond acceptors (Lipinski definition) is 4. The third-order valence-electron chi connectivity index (χ3n) is 12.5. The Morgan fingerprint density at radius 3 is 1.85 bits per heavy atom. The number of benzene rings is 9. The molecule has 11 aromatic rings. The Balaban J connectivity index is 1.02. The Morgan fingerprint density at radius 2 is 1.03 bits per heavy atom. The largest absolute Gasteiger partial charge is 0.456 e. The average Bonchev–Trinajstić information content (AvgIpc) is 3.97. The first-order chi connectivity index (χ1) is 29.5. The van der Waals surface area contributed by atoms with Crippen molar-refractivity contribution in [2.75, 3.05) is 4.90 Å². The zero-order valence-corrected chi connectivity index (χ0v) is 33.2. The Morgan fingerprint density at radius 1 is 0.400 bits per heavy atom. The van der Waals surface area contributed by atoms with Gasteiger partial charge in [0.25, 0.3) is 0 Å². The van der Waals surface area contributed by atoms with E-state index in [-0.39, 0.29) is 5.41 Å². The van der Waals surface area contributed by atoms with Crippen LogP contribution in [0.3, 0.4) is 0 Å². The summed E-state index contributed by atoms with van der Waals surface area (Å²) in [7, 11) is 0. The predicted octanol–water partition coefficient (Wildman–Crippen LogP) is 15.7. The molecule has 0 atom stereocenters. The van der Waals surface area contributed by atoms with Crippen LogP contribution in [0.25, 0.3) is 88.6 Å². The van der Waals surface area contributed by atoms with Crippen LogP contribution >= 0.6 is 0 Å². The minimum atomic E-state index is -0.131. The molecule has 2 aromatic heterocycles. The molecule has 0 fully saturated rings. The van der Waals surface area contributed by atoms with Crippen molar-refractivity contribution in [2.45, 2.75) is 19.3 Å². The van der Waals surface area contributed by atoms with Gasteiger partial charge in [-0.25, -0.2) is 4.98 Å². The van der Waals surface area contributed by atoms with Crippen LogP contribution in [-0.2, 0) is 5.41 Å². The van der Waals surface area contributed by atoms with Crippen molar-refractivity contribution in [2.24, 2.45) is 0 Å². The van der Waals surface area contributed by atoms with Crippen LogP contribution in [0.5, 0.6) is 0 Å². The number of rotatable bonds is 6. The first-order valence-corrected chi connectivity index (χ1v) is 20.5. The van der Waals surface area contributed by atoms with Crippen molar-refractivity contribution in [1.29, 1.82) is 0 Å². The van der Waals surface area contributed by atoms with Crippen molar-refractivity contribution in [3.63, 3.8) is 0 Å². The van der Waals surface area contributed by atoms with Crippen molar-refractivity contribution < 1.29 is 8.83 Å². The van der Waals surface area contributed by atoms with Crippen molar-refractivity contribution in [3.8, 4) is 44.8 Å². The van der Waals surface area contributed by atoms with E-state index in [1.807, 2.05) is 36.4 Å². The smallest absolute Gasteiger partial charge is 0.227 e. The van der Waals surface area contributed by atoms with E-state index >= 15 is 0 Å². The van der Waals surface area contributed by atoms with E-state index in [0.717, 1.165) is 77.6 Å². The van der Waals surface area contributed by atoms with E-state index in [2.05, 4.69) is 176 Å². The SMILES string of the molecule is CC1(C)c2ccccc2-c2ccc(N(c3ccc(-c4ccccc4)cc3)c3ccc4oc5cc(-c6ccc7nc(-c8ccccc8)oc7c6)c6ccccc6c5c4c3)cc21. The fourth-order valence-electron chi connectivity index (χ4n) is 9.52. The number of aromatic nitrogens is 1. The highest BCUT2D eigenvalue weighted by Gasteiger charge is 2.35. The van der Waals surface area contributed by atoms with Gasteiger partial charge in [0.05, 0.1) is 0 Å². The van der Waals surface area contributed by atoms with E-state index in [1.165, 1.54) is 33.4 Å². The first-order valence-electron chi connectivity index (χ1n) is 20.5. The van der Waals surface area contributed by atoms with Gasteiger partial charge in [0.15, 0.2) is 5.58 Å². The van der Waals surface area contributed by atoms with Crippen molar-refractivity contribution in [1.82, 2.24) is 4.98 Å². The molecule has 1 aliphatic rings. The highest BCUT2D eigenvalue weighted by molar-refractivity contribution is 6.22. The standard InChI is InChI=1S/C56H38N2O2/c1-56(2)48-20-12-11-18-43(48)44-28-26-41(33-49(44)56)58(39-24-21-36(22-25-39)35-13-5-3-6-14-35)40-27-30-51-47(32-40)54-45-19-10-9-17-42(45)46(34-53(54)59-51)38-23-29-50-52(31-38)60-55(57-50)37-15-7-4-8-16-37/h3-34H,1-2H3. The molecule has 0 aliphatic heterocycles. The monoisotopic (exact) mass is 770 g/mol. The Labute approximate surface area is 347 Å². The van der Waals surface area contributed by atoms with Crippen LogP contribution in [0.2, 0.25) is 0 Å². The van der Waals surface area contributed by atoms with Crippen LogP contribution < -0.4 is 4.90 Å². The lowest BCUT2D eigenvalue weighted by Crippen LogP contribution is -2.16. The van der Waals surface area contributed by atoms with Gasteiger partial charge < -0.3 is 13.7 Å². The highest BCUT2D eigenvalue weighted by Crippen LogP contribution is 2.51. The molecule has 0 unspecified atom stereocenters. The van der Waals surface area contributed by atoms with E-state index < -0.39 is 0 Å². The fraction of sp³-hybridized carbons (Fsp3) is 0.0536. The first kappa shape index (κ1) is 34.4. The molecule has 12 rings (SSSR count). The zero-order valence-electron chi connectivity index (χ0n) is 33.2. The molecule has 0 spiro atoms. The maximum Gasteiger partial charge on any atom is 0.227 e. The van der Waals surface area contributed by atoms with Crippen LogP contribution in [0, 0.1) is 0 Å². The molecule has 60 heavy (non-hydrogen) atoms. The molecule has 0 N–H and O–H groups in total. The quantitative estimate of drug-likeness (QED) is 0.169. The van der Waals surface area contributed by atoms with Gasteiger partial charge in [-0.05, 0) is 128 Å². The molecule has 0 bridgehead atoms. The van der Waals surface area contributed by atoms with E-state index in [9.17, 15) is 0 Å². The minimum Gasteiger partial charge on any atom is -0.456 e. The summed E-state index contributed by atoms with van der Waals surface area (Å²) in [6, 6.07) is 69.1. The number of oxazole rings is 1. The van der Waals surface area contributed by atoms with Crippen molar-refractivity contribution >= 4 is 60.9 Å². The van der Waals surface area contributed by atoms with Gasteiger partial charge in [-0.1, -0.05) is 135 Å². The van der Waals surface area contributed by atoms with Gasteiger partial charge in [-0.2, -0.15) is 0 Å². The van der Waals surface area contributed by atoms with E-state index in [4.69, 9.17) is 13.8 Å². The molecule has 2 heterocycles. The summed E-state index contributed by atoms with van der Waals surface area (Å²) in [6.45, 7) is 4.68. The van der Waals surface area contributed by atoms with Crippen LogP contribution in [-0.4, -0.2) is 4.98 Å². The topological polar surface area (TPSA) is 42.4 Å². The van der Waals surface area contributed by atoms with Crippen LogP contribution in [0.1, 0.15) is 25.0 Å². The summed E-state index contributed by atoms with van der Waals surface area (Å²) in [5, 5.41) is 4.46. The molecule has 4 heteroatoms. The number of nitrogens with zero attached hydrogens (tertiary/aromatic N) is 2. The highest BCUT2D eigenvalue weighted by atomic mass is 16.3. The molecule has 0 amide bonds. The maximum absolute atomic E-state index is 6.75. The maximum atomic E-state index is 6.75. The van der Waals surface area contributed by atoms with E-state index in [1.54, 1.807) is 0 Å². The van der Waals surface area contributed by atoms with Gasteiger partial charge in [-0.3, -0.25) is 0 Å². The molecule has 0 saturated carbocycles. The number of hydrogen-bond donors (Lipinski definition) is 0. The van der Waals surface area contributed by atoms with Gasteiger partial charge in [0.2, 0.25) is 5.89 Å². The lowest BCUT2D eigenvalue weighted by atomic mass is 9.82.